The molecule has 2 amide bonds. The number of thioether (sulfide) groups is 1. The van der Waals surface area contributed by atoms with Gasteiger partial charge >= 0.3 is 0 Å². The Bertz CT molecular complexity index is 644. The van der Waals surface area contributed by atoms with Crippen LogP contribution in [0.15, 0.2) is 33.7 Å². The number of amidine groups is 1. The van der Waals surface area contributed by atoms with Crippen LogP contribution >= 0.6 is 27.7 Å². The van der Waals surface area contributed by atoms with E-state index in [2.05, 4.69) is 26.2 Å². The van der Waals surface area contributed by atoms with Crippen LogP contribution in [0.3, 0.4) is 0 Å². The number of rotatable bonds is 5. The first-order valence-corrected chi connectivity index (χ1v) is 9.58. The number of nitrogens with zero attached hydrogens (tertiary/aromatic N) is 2. The van der Waals surface area contributed by atoms with Crippen LogP contribution in [-0.2, 0) is 9.59 Å². The van der Waals surface area contributed by atoms with Gasteiger partial charge in [0.25, 0.3) is 0 Å². The highest BCUT2D eigenvalue weighted by Crippen LogP contribution is 2.31. The fourth-order valence-electron chi connectivity index (χ4n) is 2.32. The lowest BCUT2D eigenvalue weighted by atomic mass is 10.2. The minimum absolute atomic E-state index is 0.0297. The van der Waals surface area contributed by atoms with Crippen LogP contribution in [-0.4, -0.2) is 39.2 Å². The molecule has 7 heteroatoms. The number of benzene rings is 1. The zero-order valence-corrected chi connectivity index (χ0v) is 16.6. The van der Waals surface area contributed by atoms with Crippen LogP contribution in [0.4, 0.5) is 5.69 Å². The molecule has 0 radical (unpaired) electrons. The SMILES string of the molecule is CC(C)N=C1S[C@H](CC(=O)Nc2ccc(Br)cc2)C(=O)N1C(C)C. The summed E-state index contributed by atoms with van der Waals surface area (Å²) >= 11 is 4.74. The molecule has 1 heterocycles. The summed E-state index contributed by atoms with van der Waals surface area (Å²) in [6.07, 6.45) is 0.139. The molecule has 5 nitrogen and oxygen atoms in total. The summed E-state index contributed by atoms with van der Waals surface area (Å²) < 4.78 is 0.948. The van der Waals surface area contributed by atoms with Crippen molar-refractivity contribution in [2.24, 2.45) is 4.99 Å². The van der Waals surface area contributed by atoms with Gasteiger partial charge in [0, 0.05) is 28.7 Å². The van der Waals surface area contributed by atoms with E-state index in [0.717, 1.165) is 10.2 Å². The Kier molecular flexibility index (Phi) is 6.46. The highest BCUT2D eigenvalue weighted by molar-refractivity contribution is 9.10. The first-order chi connectivity index (χ1) is 11.3. The maximum atomic E-state index is 12.6. The van der Waals surface area contributed by atoms with Gasteiger partial charge < -0.3 is 5.32 Å². The lowest BCUT2D eigenvalue weighted by molar-refractivity contribution is -0.129. The summed E-state index contributed by atoms with van der Waals surface area (Å²) in [5.41, 5.74) is 0.718. The molecule has 0 saturated carbocycles. The summed E-state index contributed by atoms with van der Waals surface area (Å²) in [5, 5.41) is 3.13. The van der Waals surface area contributed by atoms with Gasteiger partial charge in [0.2, 0.25) is 11.8 Å². The number of nitrogens with one attached hydrogen (secondary N) is 1. The molecule has 1 N–H and O–H groups in total. The molecule has 1 atom stereocenters. The summed E-state index contributed by atoms with van der Waals surface area (Å²) in [7, 11) is 0. The van der Waals surface area contributed by atoms with Crippen molar-refractivity contribution in [1.82, 2.24) is 4.90 Å². The fourth-order valence-corrected chi connectivity index (χ4v) is 3.97. The molecule has 130 valence electrons. The average Bonchev–Trinajstić information content (AvgIpc) is 2.76. The summed E-state index contributed by atoms with van der Waals surface area (Å²) in [4.78, 5) is 31.1. The van der Waals surface area contributed by atoms with Gasteiger partial charge in [-0.1, -0.05) is 27.7 Å². The maximum Gasteiger partial charge on any atom is 0.242 e. The number of carbonyl (C=O) groups is 2. The van der Waals surface area contributed by atoms with Crippen molar-refractivity contribution in [2.75, 3.05) is 5.32 Å². The fraction of sp³-hybridized carbons (Fsp3) is 0.471. The van der Waals surface area contributed by atoms with Crippen LogP contribution in [0.25, 0.3) is 0 Å². The van der Waals surface area contributed by atoms with Crippen molar-refractivity contribution in [2.45, 2.75) is 51.4 Å². The van der Waals surface area contributed by atoms with E-state index in [1.807, 2.05) is 52.0 Å². The van der Waals surface area contributed by atoms with E-state index in [4.69, 9.17) is 0 Å². The molecule has 1 fully saturated rings. The van der Waals surface area contributed by atoms with Gasteiger partial charge in [-0.3, -0.25) is 19.5 Å². The highest BCUT2D eigenvalue weighted by Gasteiger charge is 2.40. The molecule has 1 aliphatic heterocycles. The molecule has 0 aliphatic carbocycles. The van der Waals surface area contributed by atoms with Gasteiger partial charge in [0.1, 0.15) is 5.25 Å². The number of halogens is 1. The Morgan fingerprint density at radius 2 is 1.92 bits per heavy atom. The second-order valence-electron chi connectivity index (χ2n) is 6.17. The van der Waals surface area contributed by atoms with Crippen molar-refractivity contribution in [3.05, 3.63) is 28.7 Å². The standard InChI is InChI=1S/C17H22BrN3O2S/c1-10(2)19-17-21(11(3)4)16(23)14(24-17)9-15(22)20-13-7-5-12(18)6-8-13/h5-8,10-11,14H,9H2,1-4H3,(H,20,22)/t14-/m1/s1. The quantitative estimate of drug-likeness (QED) is 0.798. The van der Waals surface area contributed by atoms with E-state index in [-0.39, 0.29) is 30.3 Å². The summed E-state index contributed by atoms with van der Waals surface area (Å²) in [6, 6.07) is 7.49. The minimum atomic E-state index is -0.416. The molecular formula is C17H22BrN3O2S. The Morgan fingerprint density at radius 1 is 1.29 bits per heavy atom. The Labute approximate surface area is 155 Å². The topological polar surface area (TPSA) is 61.8 Å². The van der Waals surface area contributed by atoms with Gasteiger partial charge in [-0.2, -0.15) is 0 Å². The number of amides is 2. The molecule has 0 aromatic heterocycles. The summed E-state index contributed by atoms with van der Waals surface area (Å²) in [5.74, 6) is -0.210. The van der Waals surface area contributed by atoms with Gasteiger partial charge in [0.15, 0.2) is 5.17 Å². The molecule has 2 rings (SSSR count). The van der Waals surface area contributed by atoms with Gasteiger partial charge in [-0.25, -0.2) is 0 Å². The predicted octanol–water partition coefficient (Wildman–Crippen LogP) is 3.89. The van der Waals surface area contributed by atoms with Crippen molar-refractivity contribution in [3.8, 4) is 0 Å². The minimum Gasteiger partial charge on any atom is -0.326 e. The number of hydrogen-bond donors (Lipinski definition) is 1. The van der Waals surface area contributed by atoms with E-state index in [9.17, 15) is 9.59 Å². The Morgan fingerprint density at radius 3 is 2.46 bits per heavy atom. The Hall–Kier alpha value is -1.34. The normalized spacial score (nSPS) is 19.6. The number of carbonyl (C=O) groups excluding carboxylic acids is 2. The van der Waals surface area contributed by atoms with Crippen molar-refractivity contribution in [1.29, 1.82) is 0 Å². The molecule has 1 aliphatic rings. The van der Waals surface area contributed by atoms with Crippen LogP contribution in [0.2, 0.25) is 0 Å². The first kappa shape index (κ1) is 19.0. The van der Waals surface area contributed by atoms with Crippen molar-refractivity contribution < 1.29 is 9.59 Å². The summed E-state index contributed by atoms with van der Waals surface area (Å²) in [6.45, 7) is 7.87. The smallest absolute Gasteiger partial charge is 0.242 e. The lowest BCUT2D eigenvalue weighted by Crippen LogP contribution is -2.38. The number of hydrogen-bond acceptors (Lipinski definition) is 4. The zero-order chi connectivity index (χ0) is 17.9. The molecule has 0 spiro atoms. The Balaban J connectivity index is 2.05. The third-order valence-corrected chi connectivity index (χ3v) is 5.04. The molecule has 0 bridgehead atoms. The van der Waals surface area contributed by atoms with Crippen molar-refractivity contribution in [3.63, 3.8) is 0 Å². The molecule has 1 saturated heterocycles. The van der Waals surface area contributed by atoms with E-state index in [0.29, 0.717) is 5.17 Å². The largest absolute Gasteiger partial charge is 0.326 e. The van der Waals surface area contributed by atoms with Gasteiger partial charge in [-0.05, 0) is 52.0 Å². The maximum absolute atomic E-state index is 12.6. The van der Waals surface area contributed by atoms with E-state index >= 15 is 0 Å². The molecule has 24 heavy (non-hydrogen) atoms. The van der Waals surface area contributed by atoms with Crippen LogP contribution in [0, 0.1) is 0 Å². The first-order valence-electron chi connectivity index (χ1n) is 7.91. The number of aliphatic imine (C=N–C) groups is 1. The second kappa shape index (κ2) is 8.16. The molecular weight excluding hydrogens is 390 g/mol. The lowest BCUT2D eigenvalue weighted by Gasteiger charge is -2.21. The van der Waals surface area contributed by atoms with Crippen LogP contribution in [0.5, 0.6) is 0 Å². The van der Waals surface area contributed by atoms with Gasteiger partial charge in [-0.15, -0.1) is 0 Å². The van der Waals surface area contributed by atoms with E-state index in [1.165, 1.54) is 11.8 Å². The van der Waals surface area contributed by atoms with Crippen molar-refractivity contribution >= 4 is 50.4 Å². The second-order valence-corrected chi connectivity index (χ2v) is 8.26. The van der Waals surface area contributed by atoms with E-state index in [1.54, 1.807) is 4.90 Å². The molecule has 1 aromatic carbocycles. The third kappa shape index (κ3) is 4.83. The molecule has 0 unspecified atom stereocenters. The third-order valence-electron chi connectivity index (χ3n) is 3.35. The van der Waals surface area contributed by atoms with E-state index < -0.39 is 5.25 Å². The van der Waals surface area contributed by atoms with Crippen LogP contribution in [0.1, 0.15) is 34.1 Å². The van der Waals surface area contributed by atoms with Gasteiger partial charge in [0.05, 0.1) is 0 Å². The predicted molar refractivity (Wildman–Crippen MR) is 103 cm³/mol. The van der Waals surface area contributed by atoms with Crippen LogP contribution < -0.4 is 5.32 Å². The monoisotopic (exact) mass is 411 g/mol. The number of anilines is 1. The average molecular weight is 412 g/mol. The molecule has 1 aromatic rings. The zero-order valence-electron chi connectivity index (χ0n) is 14.2. The highest BCUT2D eigenvalue weighted by atomic mass is 79.9.